The third-order valence-corrected chi connectivity index (χ3v) is 1.07. The molecule has 68 valence electrons. The molecule has 0 aliphatic heterocycles. The summed E-state index contributed by atoms with van der Waals surface area (Å²) in [6.45, 7) is 1.88. The number of ether oxygens (including phenoxy) is 1. The van der Waals surface area contributed by atoms with Crippen molar-refractivity contribution < 1.29 is 24.5 Å². The van der Waals surface area contributed by atoms with Crippen molar-refractivity contribution in [2.75, 3.05) is 13.2 Å². The molecule has 0 aromatic carbocycles. The highest BCUT2D eigenvalue weighted by Crippen LogP contribution is 1.87. The Morgan fingerprint density at radius 1 is 1.58 bits per heavy atom. The third kappa shape index (κ3) is 3.85. The molecule has 0 aromatic rings. The summed E-state index contributed by atoms with van der Waals surface area (Å²) in [6.07, 6.45) is -0.582. The summed E-state index contributed by atoms with van der Waals surface area (Å²) in [4.78, 5) is 21.1. The number of aliphatic hydroxyl groups excluding tert-OH is 2. The monoisotopic (exact) mass is 174 g/mol. The topological polar surface area (TPSA) is 83.8 Å². The van der Waals surface area contributed by atoms with Crippen LogP contribution in [-0.4, -0.2) is 41.3 Å². The van der Waals surface area contributed by atoms with Crippen molar-refractivity contribution in [3.8, 4) is 0 Å². The quantitative estimate of drug-likeness (QED) is 0.397. The zero-order valence-corrected chi connectivity index (χ0v) is 6.40. The van der Waals surface area contributed by atoms with E-state index in [1.165, 1.54) is 0 Å². The molecule has 0 fully saturated rings. The molecule has 5 nitrogen and oxygen atoms in total. The van der Waals surface area contributed by atoms with E-state index in [0.717, 1.165) is 6.08 Å². The molecule has 0 spiro atoms. The Morgan fingerprint density at radius 3 is 2.58 bits per heavy atom. The number of hydrogen-bond donors (Lipinski definition) is 2. The number of aliphatic hydroxyl groups is 2. The second kappa shape index (κ2) is 5.45. The zero-order valence-electron chi connectivity index (χ0n) is 6.40. The van der Waals surface area contributed by atoms with E-state index in [-0.39, 0.29) is 0 Å². The van der Waals surface area contributed by atoms with Gasteiger partial charge in [0.1, 0.15) is 6.10 Å². The van der Waals surface area contributed by atoms with Gasteiger partial charge in [-0.2, -0.15) is 0 Å². The fourth-order valence-corrected chi connectivity index (χ4v) is 0.399. The molecule has 0 saturated heterocycles. The average Bonchev–Trinajstić information content (AvgIpc) is 2.11. The van der Waals surface area contributed by atoms with Crippen LogP contribution in [0.25, 0.3) is 0 Å². The van der Waals surface area contributed by atoms with E-state index in [1.807, 2.05) is 0 Å². The van der Waals surface area contributed by atoms with Gasteiger partial charge < -0.3 is 14.9 Å². The minimum absolute atomic E-state index is 0.549. The lowest BCUT2D eigenvalue weighted by molar-refractivity contribution is -0.146. The summed E-state index contributed by atoms with van der Waals surface area (Å²) in [5.74, 6) is -1.49. The van der Waals surface area contributed by atoms with Gasteiger partial charge in [0.15, 0.2) is 6.61 Å². The Kier molecular flexibility index (Phi) is 4.91. The summed E-state index contributed by atoms with van der Waals surface area (Å²) in [7, 11) is 0. The largest absolute Gasteiger partial charge is 0.454 e. The van der Waals surface area contributed by atoms with Crippen LogP contribution >= 0.6 is 0 Å². The Balaban J connectivity index is 3.71. The molecule has 0 saturated carbocycles. The van der Waals surface area contributed by atoms with Gasteiger partial charge in [0.2, 0.25) is 5.78 Å². The van der Waals surface area contributed by atoms with Crippen molar-refractivity contribution in [1.29, 1.82) is 0 Å². The molecule has 2 N–H and O–H groups in total. The number of Topliss-reactive ketones (excluding diaryl/α,β-unsaturated/α-hetero) is 1. The van der Waals surface area contributed by atoms with Crippen LogP contribution < -0.4 is 0 Å². The lowest BCUT2D eigenvalue weighted by Crippen LogP contribution is -2.28. The minimum atomic E-state index is -1.48. The molecular weight excluding hydrogens is 164 g/mol. The van der Waals surface area contributed by atoms with Crippen LogP contribution in [0.15, 0.2) is 12.7 Å². The van der Waals surface area contributed by atoms with E-state index < -0.39 is 31.1 Å². The molecular formula is C7H10O5. The molecule has 12 heavy (non-hydrogen) atoms. The van der Waals surface area contributed by atoms with Crippen molar-refractivity contribution in [3.05, 3.63) is 12.7 Å². The molecule has 0 heterocycles. The van der Waals surface area contributed by atoms with E-state index in [0.29, 0.717) is 0 Å². The Hall–Kier alpha value is -1.20. The van der Waals surface area contributed by atoms with Gasteiger partial charge in [-0.05, 0) is 0 Å². The summed E-state index contributed by atoms with van der Waals surface area (Å²) in [5.41, 5.74) is 0. The summed E-state index contributed by atoms with van der Waals surface area (Å²) in [6, 6.07) is 0. The summed E-state index contributed by atoms with van der Waals surface area (Å²) in [5, 5.41) is 17.0. The fraction of sp³-hybridized carbons (Fsp3) is 0.429. The van der Waals surface area contributed by atoms with Gasteiger partial charge in [0.25, 0.3) is 0 Å². The standard InChI is InChI=1S/C7H10O5/c1-2-7(11)12-4-6(10)5(9)3-8/h2,5,8-9H,1,3-4H2. The Bertz CT molecular complexity index is 186. The van der Waals surface area contributed by atoms with Crippen molar-refractivity contribution in [3.63, 3.8) is 0 Å². The summed E-state index contributed by atoms with van der Waals surface area (Å²) < 4.78 is 4.30. The molecule has 1 unspecified atom stereocenters. The molecule has 0 aliphatic carbocycles. The number of rotatable bonds is 5. The van der Waals surface area contributed by atoms with E-state index >= 15 is 0 Å². The second-order valence-electron chi connectivity index (χ2n) is 1.98. The van der Waals surface area contributed by atoms with E-state index in [9.17, 15) is 9.59 Å². The normalized spacial score (nSPS) is 11.8. The number of hydrogen-bond acceptors (Lipinski definition) is 5. The molecule has 0 aliphatic rings. The first-order valence-electron chi connectivity index (χ1n) is 3.22. The van der Waals surface area contributed by atoms with Crippen LogP contribution in [-0.2, 0) is 14.3 Å². The smallest absolute Gasteiger partial charge is 0.330 e. The maximum atomic E-state index is 10.7. The fourth-order valence-electron chi connectivity index (χ4n) is 0.399. The number of ketones is 1. The first-order valence-corrected chi connectivity index (χ1v) is 3.22. The molecule has 0 radical (unpaired) electrons. The first-order chi connectivity index (χ1) is 5.61. The van der Waals surface area contributed by atoms with Crippen LogP contribution in [0, 0.1) is 0 Å². The zero-order chi connectivity index (χ0) is 9.56. The number of carbonyl (C=O) groups is 2. The highest BCUT2D eigenvalue weighted by molar-refractivity contribution is 5.88. The lowest BCUT2D eigenvalue weighted by atomic mass is 10.2. The van der Waals surface area contributed by atoms with Crippen LogP contribution in [0.4, 0.5) is 0 Å². The van der Waals surface area contributed by atoms with Gasteiger partial charge in [-0.3, -0.25) is 4.79 Å². The van der Waals surface area contributed by atoms with Crippen molar-refractivity contribution >= 4 is 11.8 Å². The number of carbonyl (C=O) groups excluding carboxylic acids is 2. The molecule has 0 amide bonds. The molecule has 1 atom stereocenters. The van der Waals surface area contributed by atoms with Crippen molar-refractivity contribution in [2.45, 2.75) is 6.10 Å². The van der Waals surface area contributed by atoms with E-state index in [1.54, 1.807) is 0 Å². The third-order valence-electron chi connectivity index (χ3n) is 1.07. The molecule has 0 bridgehead atoms. The lowest BCUT2D eigenvalue weighted by Gasteiger charge is -2.04. The van der Waals surface area contributed by atoms with Crippen molar-refractivity contribution in [1.82, 2.24) is 0 Å². The first kappa shape index (κ1) is 10.8. The van der Waals surface area contributed by atoms with E-state index in [2.05, 4.69) is 11.3 Å². The van der Waals surface area contributed by atoms with Crippen molar-refractivity contribution in [2.24, 2.45) is 0 Å². The SMILES string of the molecule is C=CC(=O)OCC(=O)C(O)CO. The highest BCUT2D eigenvalue weighted by atomic mass is 16.5. The Labute approximate surface area is 69.3 Å². The Morgan fingerprint density at radius 2 is 2.17 bits per heavy atom. The minimum Gasteiger partial charge on any atom is -0.454 e. The average molecular weight is 174 g/mol. The molecule has 0 aromatic heterocycles. The summed E-state index contributed by atoms with van der Waals surface area (Å²) >= 11 is 0. The maximum Gasteiger partial charge on any atom is 0.330 e. The van der Waals surface area contributed by atoms with Gasteiger partial charge in [0.05, 0.1) is 6.61 Å². The predicted molar refractivity (Wildman–Crippen MR) is 39.3 cm³/mol. The van der Waals surface area contributed by atoms with Gasteiger partial charge in [-0.25, -0.2) is 4.79 Å². The van der Waals surface area contributed by atoms with Gasteiger partial charge >= 0.3 is 5.97 Å². The highest BCUT2D eigenvalue weighted by Gasteiger charge is 2.14. The van der Waals surface area contributed by atoms with Gasteiger partial charge in [0, 0.05) is 6.08 Å². The van der Waals surface area contributed by atoms with Gasteiger partial charge in [-0.1, -0.05) is 6.58 Å². The maximum absolute atomic E-state index is 10.7. The van der Waals surface area contributed by atoms with Crippen LogP contribution in [0.2, 0.25) is 0 Å². The van der Waals surface area contributed by atoms with Crippen LogP contribution in [0.3, 0.4) is 0 Å². The van der Waals surface area contributed by atoms with Gasteiger partial charge in [-0.15, -0.1) is 0 Å². The predicted octanol–water partition coefficient (Wildman–Crippen LogP) is -1.36. The van der Waals surface area contributed by atoms with Crippen LogP contribution in [0.1, 0.15) is 0 Å². The van der Waals surface area contributed by atoms with E-state index in [4.69, 9.17) is 10.2 Å². The molecule has 0 rings (SSSR count). The second-order valence-corrected chi connectivity index (χ2v) is 1.98. The number of esters is 1. The molecule has 5 heteroatoms. The van der Waals surface area contributed by atoms with Crippen LogP contribution in [0.5, 0.6) is 0 Å².